The number of pyridine rings is 1. The van der Waals surface area contributed by atoms with Crippen LogP contribution in [0.5, 0.6) is 5.75 Å². The monoisotopic (exact) mass is 443 g/mol. The van der Waals surface area contributed by atoms with Crippen molar-refractivity contribution in [2.75, 3.05) is 0 Å². The molecule has 4 nitrogen and oxygen atoms in total. The van der Waals surface area contributed by atoms with Crippen LogP contribution in [0, 0.1) is 17.2 Å². The molecule has 7 rings (SSSR count). The van der Waals surface area contributed by atoms with Crippen LogP contribution in [0.15, 0.2) is 72.4 Å². The van der Waals surface area contributed by atoms with E-state index >= 15 is 0 Å². The van der Waals surface area contributed by atoms with Gasteiger partial charge in [0.1, 0.15) is 18.0 Å². The number of para-hydroxylation sites is 1. The molecule has 4 heteroatoms. The van der Waals surface area contributed by atoms with E-state index in [0.717, 1.165) is 58.5 Å². The highest BCUT2D eigenvalue weighted by Gasteiger charge is 2.33. The fourth-order valence-electron chi connectivity index (χ4n) is 5.35. The number of hydrogen-bond acceptors (Lipinski definition) is 3. The van der Waals surface area contributed by atoms with Gasteiger partial charge >= 0.3 is 0 Å². The van der Waals surface area contributed by atoms with Gasteiger partial charge < -0.3 is 9.14 Å². The average Bonchev–Trinajstić information content (AvgIpc) is 3.79. The summed E-state index contributed by atoms with van der Waals surface area (Å²) in [5.74, 6) is 1.83. The third kappa shape index (κ3) is 3.23. The molecule has 0 N–H and O–H groups in total. The Kier molecular flexibility index (Phi) is 4.38. The molecular weight excluding hydrogens is 418 g/mol. The molecule has 34 heavy (non-hydrogen) atoms. The minimum absolute atomic E-state index is 0.373. The third-order valence-corrected chi connectivity index (χ3v) is 7.35. The average molecular weight is 444 g/mol. The zero-order valence-electron chi connectivity index (χ0n) is 19.0. The van der Waals surface area contributed by atoms with E-state index in [0.29, 0.717) is 18.4 Å². The van der Waals surface area contributed by atoms with Gasteiger partial charge in [-0.2, -0.15) is 5.26 Å². The van der Waals surface area contributed by atoms with Crippen LogP contribution in [0.2, 0.25) is 0 Å². The molecule has 3 heterocycles. The summed E-state index contributed by atoms with van der Waals surface area (Å²) in [5.41, 5.74) is 10.1. The predicted molar refractivity (Wildman–Crippen MR) is 132 cm³/mol. The van der Waals surface area contributed by atoms with Gasteiger partial charge in [0.05, 0.1) is 17.5 Å². The van der Waals surface area contributed by atoms with E-state index < -0.39 is 0 Å². The zero-order chi connectivity index (χ0) is 22.6. The van der Waals surface area contributed by atoms with E-state index in [1.807, 2.05) is 18.2 Å². The third-order valence-electron chi connectivity index (χ3n) is 7.35. The first-order valence-corrected chi connectivity index (χ1v) is 12.2. The van der Waals surface area contributed by atoms with Gasteiger partial charge in [-0.25, -0.2) is 4.98 Å². The summed E-state index contributed by atoms with van der Waals surface area (Å²) < 4.78 is 8.52. The van der Waals surface area contributed by atoms with Crippen molar-refractivity contribution in [3.63, 3.8) is 0 Å². The van der Waals surface area contributed by atoms with Crippen molar-refractivity contribution >= 4 is 11.2 Å². The van der Waals surface area contributed by atoms with E-state index in [1.54, 1.807) is 0 Å². The van der Waals surface area contributed by atoms with Crippen molar-refractivity contribution in [1.82, 2.24) is 9.38 Å². The van der Waals surface area contributed by atoms with Gasteiger partial charge in [-0.1, -0.05) is 42.5 Å². The van der Waals surface area contributed by atoms with Crippen LogP contribution >= 0.6 is 0 Å². The van der Waals surface area contributed by atoms with Crippen molar-refractivity contribution in [2.45, 2.75) is 44.6 Å². The van der Waals surface area contributed by atoms with Crippen LogP contribution in [-0.4, -0.2) is 9.38 Å². The Morgan fingerprint density at radius 2 is 1.85 bits per heavy atom. The van der Waals surface area contributed by atoms with Crippen LogP contribution in [-0.2, 0) is 13.0 Å². The zero-order valence-corrected chi connectivity index (χ0v) is 19.0. The second-order valence-corrected chi connectivity index (χ2v) is 9.77. The Bertz CT molecular complexity index is 1510. The van der Waals surface area contributed by atoms with E-state index in [-0.39, 0.29) is 0 Å². The maximum Gasteiger partial charge on any atom is 0.137 e. The number of hydrogen-bond donors (Lipinski definition) is 0. The maximum atomic E-state index is 10.1. The van der Waals surface area contributed by atoms with Gasteiger partial charge in [-0.3, -0.25) is 0 Å². The van der Waals surface area contributed by atoms with Crippen molar-refractivity contribution in [3.8, 4) is 11.8 Å². The molecule has 4 aromatic rings. The molecule has 0 unspecified atom stereocenters. The number of allylic oxidation sites excluding steroid dienone is 1. The summed E-state index contributed by atoms with van der Waals surface area (Å²) in [5, 5.41) is 10.1. The molecule has 2 saturated carbocycles. The molecule has 2 aromatic carbocycles. The lowest BCUT2D eigenvalue weighted by atomic mass is 9.88. The van der Waals surface area contributed by atoms with Gasteiger partial charge in [-0.05, 0) is 66.5 Å². The minimum Gasteiger partial charge on any atom is -0.488 e. The van der Waals surface area contributed by atoms with Crippen LogP contribution in [0.3, 0.4) is 0 Å². The topological polar surface area (TPSA) is 50.3 Å². The summed E-state index contributed by atoms with van der Waals surface area (Å²) >= 11 is 0. The van der Waals surface area contributed by atoms with Crippen molar-refractivity contribution in [1.29, 1.82) is 5.26 Å². The molecule has 0 atom stereocenters. The molecule has 0 bridgehead atoms. The summed E-state index contributed by atoms with van der Waals surface area (Å²) in [6.45, 7) is 0.510. The lowest BCUT2D eigenvalue weighted by molar-refractivity contribution is 0.307. The predicted octanol–water partition coefficient (Wildman–Crippen LogP) is 6.43. The molecule has 2 aromatic heterocycles. The van der Waals surface area contributed by atoms with Crippen LogP contribution in [0.1, 0.15) is 65.2 Å². The van der Waals surface area contributed by atoms with Crippen molar-refractivity contribution < 1.29 is 4.74 Å². The Hall–Kier alpha value is -3.84. The number of nitriles is 1. The second-order valence-electron chi connectivity index (χ2n) is 9.77. The molecule has 0 saturated heterocycles. The number of fused-ring (bicyclic) bond motifs is 3. The second kappa shape index (κ2) is 7.60. The number of imidazole rings is 1. The van der Waals surface area contributed by atoms with E-state index in [1.165, 1.54) is 29.8 Å². The molecule has 2 aliphatic carbocycles. The minimum atomic E-state index is 0.373. The lowest BCUT2D eigenvalue weighted by Crippen LogP contribution is -2.02. The Morgan fingerprint density at radius 1 is 1.00 bits per heavy atom. The van der Waals surface area contributed by atoms with Crippen molar-refractivity contribution in [2.24, 2.45) is 5.92 Å². The Balaban J connectivity index is 1.35. The number of rotatable bonds is 4. The van der Waals surface area contributed by atoms with Crippen LogP contribution in [0.25, 0.3) is 11.2 Å². The molecule has 166 valence electrons. The summed E-state index contributed by atoms with van der Waals surface area (Å²) in [6, 6.07) is 23.7. The van der Waals surface area contributed by atoms with Crippen LogP contribution in [0.4, 0.5) is 0 Å². The molecular formula is C30H25N3O. The molecule has 0 spiro atoms. The summed E-state index contributed by atoms with van der Waals surface area (Å²) in [6.07, 6.45) is 7.63. The first-order chi connectivity index (χ1) is 16.8. The van der Waals surface area contributed by atoms with Gasteiger partial charge in [0, 0.05) is 35.2 Å². The molecule has 3 aliphatic rings. The lowest BCUT2D eigenvalue weighted by Gasteiger charge is -2.14. The SMILES string of the molecule is N#C/C(=C1\c2ccc(Cc3c(C4CC4)nc4ccccn34)cc2COc2ccccc21)C1CC1. The smallest absolute Gasteiger partial charge is 0.137 e. The van der Waals surface area contributed by atoms with Gasteiger partial charge in [0.2, 0.25) is 0 Å². The summed E-state index contributed by atoms with van der Waals surface area (Å²) in [7, 11) is 0. The van der Waals surface area contributed by atoms with Gasteiger partial charge in [-0.15, -0.1) is 0 Å². The molecule has 2 fully saturated rings. The molecule has 0 amide bonds. The van der Waals surface area contributed by atoms with E-state index in [4.69, 9.17) is 9.72 Å². The number of benzene rings is 2. The largest absolute Gasteiger partial charge is 0.488 e. The van der Waals surface area contributed by atoms with Gasteiger partial charge in [0.15, 0.2) is 0 Å². The Labute approximate surface area is 199 Å². The van der Waals surface area contributed by atoms with Crippen molar-refractivity contribution in [3.05, 3.63) is 106 Å². The highest BCUT2D eigenvalue weighted by molar-refractivity contribution is 5.89. The number of nitrogens with zero attached hydrogens (tertiary/aromatic N) is 3. The standard InChI is InChI=1S/C30H25N3O/c31-17-25(20-9-10-20)29-23-13-8-19(15-22(23)18-34-27-6-2-1-5-24(27)29)16-26-30(21-11-12-21)32-28-7-3-4-14-33(26)28/h1-8,13-15,20-21H,9-12,16,18H2/b29-25-. The number of ether oxygens (including phenoxy) is 1. The van der Waals surface area contributed by atoms with E-state index in [2.05, 4.69) is 59.1 Å². The van der Waals surface area contributed by atoms with E-state index in [9.17, 15) is 5.26 Å². The Morgan fingerprint density at radius 3 is 2.68 bits per heavy atom. The highest BCUT2D eigenvalue weighted by atomic mass is 16.5. The quantitative estimate of drug-likeness (QED) is 0.342. The highest BCUT2D eigenvalue weighted by Crippen LogP contribution is 2.46. The normalized spacial score (nSPS) is 18.4. The first kappa shape index (κ1) is 19.6. The molecule has 0 radical (unpaired) electrons. The first-order valence-electron chi connectivity index (χ1n) is 12.2. The summed E-state index contributed by atoms with van der Waals surface area (Å²) in [4.78, 5) is 4.97. The van der Waals surface area contributed by atoms with Crippen LogP contribution < -0.4 is 4.74 Å². The fourth-order valence-corrected chi connectivity index (χ4v) is 5.35. The maximum absolute atomic E-state index is 10.1. The van der Waals surface area contributed by atoms with Gasteiger partial charge in [0.25, 0.3) is 0 Å². The fraction of sp³-hybridized carbons (Fsp3) is 0.267. The molecule has 1 aliphatic heterocycles. The number of aromatic nitrogens is 2.